The number of hydrogen-bond donors (Lipinski definition) is 0. The Hall–Kier alpha value is -2.91. The van der Waals surface area contributed by atoms with E-state index < -0.39 is 17.0 Å². The lowest BCUT2D eigenvalue weighted by Crippen LogP contribution is -2.11. The van der Waals surface area contributed by atoms with E-state index in [2.05, 4.69) is 0 Å². The third-order valence-electron chi connectivity index (χ3n) is 3.06. The van der Waals surface area contributed by atoms with Crippen molar-refractivity contribution in [2.45, 2.75) is 12.5 Å². The van der Waals surface area contributed by atoms with Crippen LogP contribution in [0, 0.1) is 21.4 Å². The van der Waals surface area contributed by atoms with Gasteiger partial charge in [-0.2, -0.15) is 5.26 Å². The first-order valence-corrected chi connectivity index (χ1v) is 6.97. The molecule has 0 radical (unpaired) electrons. The molecule has 0 aliphatic rings. The van der Waals surface area contributed by atoms with E-state index in [9.17, 15) is 14.9 Å². The summed E-state index contributed by atoms with van der Waals surface area (Å²) in [6, 6.07) is 13.7. The Kier molecular flexibility index (Phi) is 5.28. The summed E-state index contributed by atoms with van der Waals surface area (Å²) >= 11 is 5.90. The number of carbonyl (C=O) groups is 1. The number of nitro benzene ring substituents is 1. The fraction of sp³-hybridized carbons (Fsp3) is 0.125. The average molecular weight is 331 g/mol. The Morgan fingerprint density at radius 1 is 1.30 bits per heavy atom. The molecular weight excluding hydrogens is 320 g/mol. The molecule has 7 heteroatoms. The summed E-state index contributed by atoms with van der Waals surface area (Å²) < 4.78 is 5.33. The van der Waals surface area contributed by atoms with Crippen molar-refractivity contribution in [1.82, 2.24) is 0 Å². The molecule has 0 heterocycles. The zero-order valence-electron chi connectivity index (χ0n) is 11.8. The molecule has 0 saturated heterocycles. The molecule has 1 atom stereocenters. The molecule has 0 bridgehead atoms. The summed E-state index contributed by atoms with van der Waals surface area (Å²) in [7, 11) is 0. The molecule has 2 aromatic carbocycles. The second-order valence-electron chi connectivity index (χ2n) is 4.62. The maximum Gasteiger partial charge on any atom is 0.338 e. The van der Waals surface area contributed by atoms with Crippen molar-refractivity contribution < 1.29 is 14.5 Å². The first-order valence-electron chi connectivity index (χ1n) is 6.59. The van der Waals surface area contributed by atoms with Gasteiger partial charge in [0.15, 0.2) is 0 Å². The molecule has 0 N–H and O–H groups in total. The van der Waals surface area contributed by atoms with Gasteiger partial charge < -0.3 is 4.74 Å². The first kappa shape index (κ1) is 16.5. The molecule has 0 spiro atoms. The fourth-order valence-electron chi connectivity index (χ4n) is 1.93. The minimum atomic E-state index is -0.763. The largest absolute Gasteiger partial charge is 0.453 e. The molecule has 116 valence electrons. The summed E-state index contributed by atoms with van der Waals surface area (Å²) in [4.78, 5) is 22.2. The van der Waals surface area contributed by atoms with Crippen LogP contribution in [0.25, 0.3) is 0 Å². The van der Waals surface area contributed by atoms with Crippen molar-refractivity contribution in [3.05, 3.63) is 74.8 Å². The highest BCUT2D eigenvalue weighted by molar-refractivity contribution is 6.30. The highest BCUT2D eigenvalue weighted by atomic mass is 35.5. The summed E-state index contributed by atoms with van der Waals surface area (Å²) in [6.45, 7) is 0. The molecule has 0 aliphatic carbocycles. The van der Waals surface area contributed by atoms with Crippen LogP contribution in [0.4, 0.5) is 5.69 Å². The third kappa shape index (κ3) is 4.28. The molecule has 6 nitrogen and oxygen atoms in total. The Morgan fingerprint density at radius 2 is 2.00 bits per heavy atom. The van der Waals surface area contributed by atoms with E-state index in [1.54, 1.807) is 24.3 Å². The van der Waals surface area contributed by atoms with Crippen LogP contribution in [0.5, 0.6) is 0 Å². The summed E-state index contributed by atoms with van der Waals surface area (Å²) in [5.74, 6) is -0.667. The van der Waals surface area contributed by atoms with Crippen molar-refractivity contribution in [2.75, 3.05) is 0 Å². The number of nitro groups is 1. The van der Waals surface area contributed by atoms with Crippen LogP contribution in [-0.4, -0.2) is 10.9 Å². The Bertz CT molecular complexity index is 768. The maximum absolute atomic E-state index is 12.1. The lowest BCUT2D eigenvalue weighted by Gasteiger charge is -2.15. The van der Waals surface area contributed by atoms with E-state index in [0.717, 1.165) is 0 Å². The molecule has 2 rings (SSSR count). The number of halogens is 1. The number of benzene rings is 2. The summed E-state index contributed by atoms with van der Waals surface area (Å²) in [5, 5.41) is 20.0. The summed E-state index contributed by atoms with van der Waals surface area (Å²) in [5.41, 5.74) is 0.653. The van der Waals surface area contributed by atoms with E-state index in [0.29, 0.717) is 10.6 Å². The van der Waals surface area contributed by atoms with Gasteiger partial charge in [0.05, 0.1) is 23.0 Å². The second kappa shape index (κ2) is 7.38. The molecule has 23 heavy (non-hydrogen) atoms. The van der Waals surface area contributed by atoms with Crippen molar-refractivity contribution in [3.63, 3.8) is 0 Å². The van der Waals surface area contributed by atoms with Crippen LogP contribution in [0.3, 0.4) is 0 Å². The molecule has 0 fully saturated rings. The summed E-state index contributed by atoms with van der Waals surface area (Å²) in [6.07, 6.45) is -0.791. The molecular formula is C16H11ClN2O4. The van der Waals surface area contributed by atoms with Gasteiger partial charge in [-0.15, -0.1) is 0 Å². The van der Waals surface area contributed by atoms with Gasteiger partial charge in [0.25, 0.3) is 5.69 Å². The first-order chi connectivity index (χ1) is 11.0. The number of rotatable bonds is 5. The average Bonchev–Trinajstić information content (AvgIpc) is 2.54. The second-order valence-corrected chi connectivity index (χ2v) is 5.05. The van der Waals surface area contributed by atoms with Gasteiger partial charge in [0, 0.05) is 17.2 Å². The third-order valence-corrected chi connectivity index (χ3v) is 3.30. The van der Waals surface area contributed by atoms with Gasteiger partial charge in [0.2, 0.25) is 0 Å². The molecule has 0 aliphatic heterocycles. The number of nitriles is 1. The highest BCUT2D eigenvalue weighted by Crippen LogP contribution is 2.25. The fourth-order valence-corrected chi connectivity index (χ4v) is 2.13. The number of carbonyl (C=O) groups excluding carboxylic acids is 1. The van der Waals surface area contributed by atoms with E-state index >= 15 is 0 Å². The quantitative estimate of drug-likeness (QED) is 0.468. The SMILES string of the molecule is N#CCC(OC(=O)c1ccc([N+](=O)[O-])cc1)c1cccc(Cl)c1. The van der Waals surface area contributed by atoms with E-state index in [4.69, 9.17) is 21.6 Å². The van der Waals surface area contributed by atoms with E-state index in [1.807, 2.05) is 6.07 Å². The number of non-ortho nitro benzene ring substituents is 1. The maximum atomic E-state index is 12.1. The van der Waals surface area contributed by atoms with Crippen molar-refractivity contribution in [3.8, 4) is 6.07 Å². The number of hydrogen-bond acceptors (Lipinski definition) is 5. The molecule has 1 unspecified atom stereocenters. The lowest BCUT2D eigenvalue weighted by atomic mass is 10.1. The predicted octanol–water partition coefficient (Wildman–Crippen LogP) is 4.06. The Balaban J connectivity index is 2.18. The van der Waals surface area contributed by atoms with Crippen molar-refractivity contribution in [1.29, 1.82) is 5.26 Å². The smallest absolute Gasteiger partial charge is 0.338 e. The standard InChI is InChI=1S/C16H11ClN2O4/c17-13-3-1-2-12(10-13)15(8-9-18)23-16(20)11-4-6-14(7-5-11)19(21)22/h1-7,10,15H,8H2. The van der Waals surface area contributed by atoms with Gasteiger partial charge >= 0.3 is 5.97 Å². The lowest BCUT2D eigenvalue weighted by molar-refractivity contribution is -0.384. The Morgan fingerprint density at radius 3 is 2.57 bits per heavy atom. The minimum absolute atomic E-state index is 0.0287. The zero-order chi connectivity index (χ0) is 16.8. The van der Waals surface area contributed by atoms with Gasteiger partial charge in [0.1, 0.15) is 6.10 Å². The van der Waals surface area contributed by atoms with Gasteiger partial charge in [-0.05, 0) is 29.8 Å². The van der Waals surface area contributed by atoms with Crippen LogP contribution in [0.15, 0.2) is 48.5 Å². The number of nitrogens with zero attached hydrogens (tertiary/aromatic N) is 2. The molecule has 0 amide bonds. The van der Waals surface area contributed by atoms with Crippen LogP contribution >= 0.6 is 11.6 Å². The van der Waals surface area contributed by atoms with Gasteiger partial charge in [-0.3, -0.25) is 10.1 Å². The topological polar surface area (TPSA) is 93.2 Å². The van der Waals surface area contributed by atoms with Crippen LogP contribution in [-0.2, 0) is 4.74 Å². The van der Waals surface area contributed by atoms with Gasteiger partial charge in [-0.25, -0.2) is 4.79 Å². The monoisotopic (exact) mass is 330 g/mol. The van der Waals surface area contributed by atoms with Crippen molar-refractivity contribution >= 4 is 23.3 Å². The Labute approximate surface area is 137 Å². The van der Waals surface area contributed by atoms with Crippen LogP contribution in [0.1, 0.15) is 28.4 Å². The predicted molar refractivity (Wildman–Crippen MR) is 82.9 cm³/mol. The molecule has 0 aromatic heterocycles. The van der Waals surface area contributed by atoms with Gasteiger partial charge in [-0.1, -0.05) is 23.7 Å². The van der Waals surface area contributed by atoms with E-state index in [1.165, 1.54) is 24.3 Å². The minimum Gasteiger partial charge on any atom is -0.453 e. The molecule has 2 aromatic rings. The van der Waals surface area contributed by atoms with E-state index in [-0.39, 0.29) is 17.7 Å². The van der Waals surface area contributed by atoms with Crippen LogP contribution < -0.4 is 0 Å². The number of esters is 1. The van der Waals surface area contributed by atoms with Crippen molar-refractivity contribution in [2.24, 2.45) is 0 Å². The number of ether oxygens (including phenoxy) is 1. The zero-order valence-corrected chi connectivity index (χ0v) is 12.6. The molecule has 0 saturated carbocycles. The van der Waals surface area contributed by atoms with Crippen LogP contribution in [0.2, 0.25) is 5.02 Å². The normalized spacial score (nSPS) is 11.3. The highest BCUT2D eigenvalue weighted by Gasteiger charge is 2.19.